The van der Waals surface area contributed by atoms with E-state index in [-0.39, 0.29) is 11.8 Å². The van der Waals surface area contributed by atoms with Gasteiger partial charge in [-0.1, -0.05) is 5.11 Å². The standard InChI is InChI=1S/C15H20N4O4/c1-21-11-5-13(22-2)12(14(6-11)23-3)9-19-8-10(4-15(19)20)7-17-18-16/h5-6,10H,4,7-9H2,1-3H3. The summed E-state index contributed by atoms with van der Waals surface area (Å²) in [6.45, 7) is 1.26. The van der Waals surface area contributed by atoms with Crippen molar-refractivity contribution in [1.82, 2.24) is 4.90 Å². The quantitative estimate of drug-likeness (QED) is 0.437. The minimum absolute atomic E-state index is 0.0306. The van der Waals surface area contributed by atoms with Crippen LogP contribution in [0.15, 0.2) is 17.2 Å². The second-order valence-corrected chi connectivity index (χ2v) is 5.27. The Morgan fingerprint density at radius 1 is 1.26 bits per heavy atom. The van der Waals surface area contributed by atoms with Gasteiger partial charge < -0.3 is 19.1 Å². The highest BCUT2D eigenvalue weighted by atomic mass is 16.5. The molecule has 0 aromatic heterocycles. The van der Waals surface area contributed by atoms with Crippen LogP contribution in [0.3, 0.4) is 0 Å². The van der Waals surface area contributed by atoms with Crippen molar-refractivity contribution in [2.45, 2.75) is 13.0 Å². The molecule has 124 valence electrons. The van der Waals surface area contributed by atoms with Gasteiger partial charge >= 0.3 is 0 Å². The van der Waals surface area contributed by atoms with E-state index in [4.69, 9.17) is 19.7 Å². The molecule has 1 saturated heterocycles. The lowest BCUT2D eigenvalue weighted by atomic mass is 10.1. The fourth-order valence-corrected chi connectivity index (χ4v) is 2.71. The van der Waals surface area contributed by atoms with Crippen molar-refractivity contribution < 1.29 is 19.0 Å². The van der Waals surface area contributed by atoms with E-state index >= 15 is 0 Å². The van der Waals surface area contributed by atoms with Crippen LogP contribution in [0, 0.1) is 5.92 Å². The zero-order valence-corrected chi connectivity index (χ0v) is 13.5. The molecule has 0 saturated carbocycles. The van der Waals surface area contributed by atoms with Gasteiger partial charge in [0.25, 0.3) is 0 Å². The summed E-state index contributed by atoms with van der Waals surface area (Å²) in [7, 11) is 4.69. The number of benzene rings is 1. The summed E-state index contributed by atoms with van der Waals surface area (Å²) in [5.74, 6) is 1.91. The molecule has 1 aliphatic rings. The highest BCUT2D eigenvalue weighted by molar-refractivity contribution is 5.79. The molecule has 0 N–H and O–H groups in total. The number of azide groups is 1. The summed E-state index contributed by atoms with van der Waals surface area (Å²) < 4.78 is 16.0. The normalized spacial score (nSPS) is 16.9. The van der Waals surface area contributed by atoms with Gasteiger partial charge in [-0.05, 0) is 11.4 Å². The highest BCUT2D eigenvalue weighted by Gasteiger charge is 2.30. The lowest BCUT2D eigenvalue weighted by Gasteiger charge is -2.21. The third-order valence-corrected chi connectivity index (χ3v) is 3.86. The molecule has 0 spiro atoms. The van der Waals surface area contributed by atoms with Crippen LogP contribution in [-0.4, -0.2) is 45.2 Å². The second kappa shape index (κ2) is 7.60. The molecule has 1 atom stereocenters. The minimum Gasteiger partial charge on any atom is -0.496 e. The third kappa shape index (κ3) is 3.78. The number of hydrogen-bond acceptors (Lipinski definition) is 5. The first-order chi connectivity index (χ1) is 11.1. The van der Waals surface area contributed by atoms with E-state index in [0.717, 1.165) is 5.56 Å². The lowest BCUT2D eigenvalue weighted by Crippen LogP contribution is -2.25. The molecule has 0 bridgehead atoms. The lowest BCUT2D eigenvalue weighted by molar-refractivity contribution is -0.128. The number of carbonyl (C=O) groups is 1. The number of amides is 1. The maximum Gasteiger partial charge on any atom is 0.223 e. The molecule has 23 heavy (non-hydrogen) atoms. The molecular weight excluding hydrogens is 300 g/mol. The van der Waals surface area contributed by atoms with Crippen molar-refractivity contribution in [2.75, 3.05) is 34.4 Å². The molecule has 0 aliphatic carbocycles. The highest BCUT2D eigenvalue weighted by Crippen LogP contribution is 2.36. The smallest absolute Gasteiger partial charge is 0.223 e. The predicted octanol–water partition coefficient (Wildman–Crippen LogP) is 2.37. The Balaban J connectivity index is 2.22. The largest absolute Gasteiger partial charge is 0.496 e. The summed E-state index contributed by atoms with van der Waals surface area (Å²) in [6.07, 6.45) is 0.389. The topological polar surface area (TPSA) is 96.8 Å². The maximum atomic E-state index is 12.2. The van der Waals surface area contributed by atoms with Gasteiger partial charge in [0.15, 0.2) is 0 Å². The first kappa shape index (κ1) is 16.8. The number of carbonyl (C=O) groups excluding carboxylic acids is 1. The van der Waals surface area contributed by atoms with Crippen molar-refractivity contribution in [2.24, 2.45) is 11.0 Å². The molecule has 1 aromatic carbocycles. The van der Waals surface area contributed by atoms with Gasteiger partial charge in [-0.2, -0.15) is 0 Å². The van der Waals surface area contributed by atoms with Gasteiger partial charge in [-0.15, -0.1) is 0 Å². The summed E-state index contributed by atoms with van der Waals surface area (Å²) in [4.78, 5) is 16.6. The summed E-state index contributed by atoms with van der Waals surface area (Å²) >= 11 is 0. The Labute approximate surface area is 134 Å². The van der Waals surface area contributed by atoms with E-state index in [1.54, 1.807) is 38.4 Å². The number of ether oxygens (including phenoxy) is 3. The molecule has 2 rings (SSSR count). The molecule has 8 heteroatoms. The first-order valence-corrected chi connectivity index (χ1v) is 7.20. The average Bonchev–Trinajstić information content (AvgIpc) is 2.92. The third-order valence-electron chi connectivity index (χ3n) is 3.86. The van der Waals surface area contributed by atoms with Gasteiger partial charge in [0.05, 0.1) is 33.4 Å². The number of hydrogen-bond donors (Lipinski definition) is 0. The first-order valence-electron chi connectivity index (χ1n) is 7.20. The molecule has 8 nitrogen and oxygen atoms in total. The van der Waals surface area contributed by atoms with Crippen molar-refractivity contribution >= 4 is 5.91 Å². The van der Waals surface area contributed by atoms with Gasteiger partial charge in [-0.3, -0.25) is 4.79 Å². The van der Waals surface area contributed by atoms with Crippen molar-refractivity contribution in [3.63, 3.8) is 0 Å². The summed E-state index contributed by atoms with van der Waals surface area (Å²) in [5, 5.41) is 3.56. The SMILES string of the molecule is COc1cc(OC)c(CN2CC(CN=[N+]=[N-])CC2=O)c(OC)c1. The number of likely N-dealkylation sites (tertiary alicyclic amines) is 1. The van der Waals surface area contributed by atoms with Crippen LogP contribution < -0.4 is 14.2 Å². The Bertz CT molecular complexity index is 603. The Morgan fingerprint density at radius 3 is 2.43 bits per heavy atom. The molecule has 1 aliphatic heterocycles. The van der Waals surface area contributed by atoms with E-state index in [0.29, 0.717) is 43.3 Å². The summed E-state index contributed by atoms with van der Waals surface area (Å²) in [6, 6.07) is 3.52. The van der Waals surface area contributed by atoms with Gasteiger partial charge in [0.2, 0.25) is 5.91 Å². The second-order valence-electron chi connectivity index (χ2n) is 5.27. The fraction of sp³-hybridized carbons (Fsp3) is 0.533. The van der Waals surface area contributed by atoms with E-state index in [1.807, 2.05) is 0 Å². The predicted molar refractivity (Wildman–Crippen MR) is 83.6 cm³/mol. The van der Waals surface area contributed by atoms with Crippen LogP contribution in [-0.2, 0) is 11.3 Å². The molecular formula is C15H20N4O4. The molecule has 1 unspecified atom stereocenters. The van der Waals surface area contributed by atoms with E-state index in [1.165, 1.54) is 0 Å². The zero-order chi connectivity index (χ0) is 16.8. The zero-order valence-electron chi connectivity index (χ0n) is 13.5. The van der Waals surface area contributed by atoms with E-state index < -0.39 is 0 Å². The van der Waals surface area contributed by atoms with Gasteiger partial charge in [-0.25, -0.2) is 0 Å². The number of nitrogens with zero attached hydrogens (tertiary/aromatic N) is 4. The monoisotopic (exact) mass is 320 g/mol. The van der Waals surface area contributed by atoms with E-state index in [9.17, 15) is 4.79 Å². The molecule has 1 fully saturated rings. The van der Waals surface area contributed by atoms with Crippen molar-refractivity contribution in [1.29, 1.82) is 0 Å². The Kier molecular flexibility index (Phi) is 5.54. The number of rotatable bonds is 7. The van der Waals surface area contributed by atoms with Crippen LogP contribution in [0.1, 0.15) is 12.0 Å². The maximum absolute atomic E-state index is 12.2. The molecule has 0 radical (unpaired) electrons. The molecule has 1 heterocycles. The van der Waals surface area contributed by atoms with Gasteiger partial charge in [0, 0.05) is 36.6 Å². The van der Waals surface area contributed by atoms with Gasteiger partial charge in [0.1, 0.15) is 17.2 Å². The van der Waals surface area contributed by atoms with Crippen LogP contribution in [0.25, 0.3) is 10.4 Å². The van der Waals surface area contributed by atoms with Crippen LogP contribution >= 0.6 is 0 Å². The van der Waals surface area contributed by atoms with Crippen LogP contribution in [0.2, 0.25) is 0 Å². The average molecular weight is 320 g/mol. The van der Waals surface area contributed by atoms with Crippen LogP contribution in [0.4, 0.5) is 0 Å². The number of methoxy groups -OCH3 is 3. The molecule has 1 aromatic rings. The Morgan fingerprint density at radius 2 is 1.91 bits per heavy atom. The van der Waals surface area contributed by atoms with Crippen molar-refractivity contribution in [3.05, 3.63) is 28.1 Å². The van der Waals surface area contributed by atoms with Crippen molar-refractivity contribution in [3.8, 4) is 17.2 Å². The van der Waals surface area contributed by atoms with Crippen LogP contribution in [0.5, 0.6) is 17.2 Å². The Hall–Kier alpha value is -2.60. The van der Waals surface area contributed by atoms with E-state index in [2.05, 4.69) is 10.0 Å². The minimum atomic E-state index is 0.0306. The summed E-state index contributed by atoms with van der Waals surface area (Å²) in [5.41, 5.74) is 9.18. The fourth-order valence-electron chi connectivity index (χ4n) is 2.71. The molecule has 1 amide bonds.